The van der Waals surface area contributed by atoms with Gasteiger partial charge in [-0.15, -0.1) is 10.2 Å². The molecule has 0 fully saturated rings. The van der Waals surface area contributed by atoms with Gasteiger partial charge in [0.1, 0.15) is 0 Å². The Hall–Kier alpha value is -2.77. The van der Waals surface area contributed by atoms with Gasteiger partial charge in [-0.3, -0.25) is 14.5 Å². The molecule has 7 heteroatoms. The minimum atomic E-state index is -0.174. The number of hydrogen-bond donors (Lipinski definition) is 0. The van der Waals surface area contributed by atoms with E-state index in [4.69, 9.17) is 0 Å². The van der Waals surface area contributed by atoms with E-state index in [1.54, 1.807) is 16.7 Å². The van der Waals surface area contributed by atoms with Crippen molar-refractivity contribution in [3.8, 4) is 0 Å². The number of anilines is 1. The molecule has 0 saturated carbocycles. The monoisotopic (exact) mass is 447 g/mol. The van der Waals surface area contributed by atoms with E-state index in [1.165, 1.54) is 16.9 Å². The van der Waals surface area contributed by atoms with Gasteiger partial charge in [0.05, 0.1) is 0 Å². The number of amides is 1. The highest BCUT2D eigenvalue weighted by molar-refractivity contribution is 8.00. The van der Waals surface area contributed by atoms with Crippen molar-refractivity contribution in [2.24, 2.45) is 0 Å². The summed E-state index contributed by atoms with van der Waals surface area (Å²) in [7, 11) is 0. The van der Waals surface area contributed by atoms with E-state index >= 15 is 0 Å². The molecule has 2 heterocycles. The SMILES string of the molecule is O=C1CCCC2=C1[C@H](c1ccccc1)CC(=O)N2c1nnc(SCc2ccccc2)s1. The van der Waals surface area contributed by atoms with Gasteiger partial charge in [-0.05, 0) is 24.0 Å². The lowest BCUT2D eigenvalue weighted by molar-refractivity contribution is -0.119. The molecule has 2 aliphatic rings. The van der Waals surface area contributed by atoms with Crippen molar-refractivity contribution in [2.45, 2.75) is 41.7 Å². The summed E-state index contributed by atoms with van der Waals surface area (Å²) in [5, 5.41) is 9.19. The molecule has 1 amide bonds. The molecule has 0 radical (unpaired) electrons. The number of benzene rings is 2. The summed E-state index contributed by atoms with van der Waals surface area (Å²) >= 11 is 3.03. The molecule has 1 aromatic heterocycles. The first-order chi connectivity index (χ1) is 15.2. The topological polar surface area (TPSA) is 63.2 Å². The average molecular weight is 448 g/mol. The Kier molecular flexibility index (Phi) is 5.70. The third-order valence-corrected chi connectivity index (χ3v) is 7.78. The first-order valence-corrected chi connectivity index (χ1v) is 12.2. The molecule has 0 N–H and O–H groups in total. The van der Waals surface area contributed by atoms with Gasteiger partial charge in [0.25, 0.3) is 0 Å². The highest BCUT2D eigenvalue weighted by atomic mass is 32.2. The Morgan fingerprint density at radius 2 is 1.71 bits per heavy atom. The van der Waals surface area contributed by atoms with Gasteiger partial charge in [-0.1, -0.05) is 83.8 Å². The second kappa shape index (κ2) is 8.77. The minimum absolute atomic E-state index is 0.0157. The number of Topliss-reactive ketones (excluding diaryl/α,β-unsaturated/α-hetero) is 1. The van der Waals surface area contributed by atoms with Gasteiger partial charge < -0.3 is 0 Å². The zero-order chi connectivity index (χ0) is 21.2. The Labute approximate surface area is 189 Å². The van der Waals surface area contributed by atoms with E-state index in [1.807, 2.05) is 48.5 Å². The molecule has 0 bridgehead atoms. The lowest BCUT2D eigenvalue weighted by Crippen LogP contribution is -2.40. The summed E-state index contributed by atoms with van der Waals surface area (Å²) in [6, 6.07) is 20.1. The average Bonchev–Trinajstić information content (AvgIpc) is 3.27. The summed E-state index contributed by atoms with van der Waals surface area (Å²) in [5.41, 5.74) is 3.84. The summed E-state index contributed by atoms with van der Waals surface area (Å²) in [4.78, 5) is 27.8. The molecular weight excluding hydrogens is 426 g/mol. The number of allylic oxidation sites excluding steroid dienone is 2. The van der Waals surface area contributed by atoms with E-state index in [-0.39, 0.29) is 24.0 Å². The van der Waals surface area contributed by atoms with Gasteiger partial charge in [-0.2, -0.15) is 0 Å². The van der Waals surface area contributed by atoms with Crippen molar-refractivity contribution < 1.29 is 9.59 Å². The second-order valence-electron chi connectivity index (χ2n) is 7.66. The largest absolute Gasteiger partial charge is 0.294 e. The number of thioether (sulfide) groups is 1. The first kappa shape index (κ1) is 20.2. The van der Waals surface area contributed by atoms with E-state index in [2.05, 4.69) is 22.3 Å². The molecule has 1 aliphatic heterocycles. The van der Waals surface area contributed by atoms with Crippen LogP contribution >= 0.6 is 23.1 Å². The molecule has 1 aliphatic carbocycles. The highest BCUT2D eigenvalue weighted by Gasteiger charge is 2.40. The zero-order valence-electron chi connectivity index (χ0n) is 16.9. The Bertz CT molecular complexity index is 1140. The quantitative estimate of drug-likeness (QED) is 0.389. The second-order valence-corrected chi connectivity index (χ2v) is 9.84. The molecule has 1 atom stereocenters. The lowest BCUT2D eigenvalue weighted by atomic mass is 9.77. The van der Waals surface area contributed by atoms with Gasteiger partial charge in [0.15, 0.2) is 10.1 Å². The number of carbonyl (C=O) groups excluding carboxylic acids is 2. The van der Waals surface area contributed by atoms with Gasteiger partial charge in [0, 0.05) is 35.8 Å². The number of ketones is 1. The predicted molar refractivity (Wildman–Crippen MR) is 123 cm³/mol. The van der Waals surface area contributed by atoms with Crippen molar-refractivity contribution in [1.29, 1.82) is 0 Å². The van der Waals surface area contributed by atoms with Crippen molar-refractivity contribution in [3.05, 3.63) is 83.1 Å². The van der Waals surface area contributed by atoms with E-state index in [0.717, 1.165) is 33.3 Å². The van der Waals surface area contributed by atoms with Crippen LogP contribution in [0.4, 0.5) is 5.13 Å². The van der Waals surface area contributed by atoms with E-state index in [0.29, 0.717) is 18.0 Å². The number of carbonyl (C=O) groups is 2. The fraction of sp³-hybridized carbons (Fsp3) is 0.250. The Morgan fingerprint density at radius 1 is 0.968 bits per heavy atom. The maximum atomic E-state index is 13.2. The van der Waals surface area contributed by atoms with Crippen LogP contribution < -0.4 is 4.90 Å². The lowest BCUT2D eigenvalue weighted by Gasteiger charge is -2.36. The molecule has 31 heavy (non-hydrogen) atoms. The first-order valence-electron chi connectivity index (χ1n) is 10.3. The molecule has 5 rings (SSSR count). The van der Waals surface area contributed by atoms with Crippen LogP contribution in [0.5, 0.6) is 0 Å². The molecule has 0 saturated heterocycles. The van der Waals surface area contributed by atoms with Crippen molar-refractivity contribution in [1.82, 2.24) is 10.2 Å². The van der Waals surface area contributed by atoms with Gasteiger partial charge in [-0.25, -0.2) is 0 Å². The van der Waals surface area contributed by atoms with Gasteiger partial charge >= 0.3 is 0 Å². The number of nitrogens with zero attached hydrogens (tertiary/aromatic N) is 3. The summed E-state index contributed by atoms with van der Waals surface area (Å²) in [6.07, 6.45) is 2.29. The van der Waals surface area contributed by atoms with Crippen LogP contribution in [0.15, 0.2) is 76.3 Å². The van der Waals surface area contributed by atoms with E-state index in [9.17, 15) is 9.59 Å². The molecule has 2 aromatic carbocycles. The smallest absolute Gasteiger partial charge is 0.234 e. The Balaban J connectivity index is 1.45. The third-order valence-electron chi connectivity index (χ3n) is 5.67. The molecular formula is C24H21N3O2S2. The third kappa shape index (κ3) is 4.07. The van der Waals surface area contributed by atoms with Crippen LogP contribution in [0.2, 0.25) is 0 Å². The summed E-state index contributed by atoms with van der Waals surface area (Å²) < 4.78 is 0.820. The minimum Gasteiger partial charge on any atom is -0.294 e. The van der Waals surface area contributed by atoms with Crippen LogP contribution in [0.1, 0.15) is 42.7 Å². The molecule has 5 nitrogen and oxygen atoms in total. The normalized spacial score (nSPS) is 19.0. The van der Waals surface area contributed by atoms with E-state index < -0.39 is 0 Å². The Morgan fingerprint density at radius 3 is 2.48 bits per heavy atom. The van der Waals surface area contributed by atoms with Gasteiger partial charge in [0.2, 0.25) is 11.0 Å². The molecule has 156 valence electrons. The van der Waals surface area contributed by atoms with Crippen LogP contribution in [0.25, 0.3) is 0 Å². The molecule has 0 unspecified atom stereocenters. The van der Waals surface area contributed by atoms with Crippen LogP contribution in [-0.2, 0) is 15.3 Å². The number of aromatic nitrogens is 2. The fourth-order valence-corrected chi connectivity index (χ4v) is 6.10. The van der Waals surface area contributed by atoms with Crippen molar-refractivity contribution in [2.75, 3.05) is 4.90 Å². The molecule has 0 spiro atoms. The summed E-state index contributed by atoms with van der Waals surface area (Å²) in [5.74, 6) is 0.757. The standard InChI is InChI=1S/C24H21N3O2S2/c28-20-13-7-12-19-22(20)18(17-10-5-2-6-11-17)14-21(29)27(19)23-25-26-24(31-23)30-15-16-8-3-1-4-9-16/h1-6,8-11,18H,7,12-15H2/t18-/m0/s1. The fourth-order valence-electron chi connectivity index (χ4n) is 4.26. The van der Waals surface area contributed by atoms with Crippen LogP contribution in [0.3, 0.4) is 0 Å². The maximum absolute atomic E-state index is 13.2. The maximum Gasteiger partial charge on any atom is 0.234 e. The van der Waals surface area contributed by atoms with Crippen LogP contribution in [-0.4, -0.2) is 21.9 Å². The predicted octanol–water partition coefficient (Wildman–Crippen LogP) is 5.36. The number of rotatable bonds is 5. The highest BCUT2D eigenvalue weighted by Crippen LogP contribution is 2.44. The van der Waals surface area contributed by atoms with Crippen molar-refractivity contribution >= 4 is 39.9 Å². The summed E-state index contributed by atoms with van der Waals surface area (Å²) in [6.45, 7) is 0. The van der Waals surface area contributed by atoms with Crippen molar-refractivity contribution in [3.63, 3.8) is 0 Å². The number of hydrogen-bond acceptors (Lipinski definition) is 6. The zero-order valence-corrected chi connectivity index (χ0v) is 18.5. The van der Waals surface area contributed by atoms with Crippen LogP contribution in [0, 0.1) is 0 Å². The molecule has 3 aromatic rings.